The number of carboxylic acid groups (broad SMARTS) is 1. The van der Waals surface area contributed by atoms with Gasteiger partial charge in [-0.05, 0) is 43.7 Å². The Morgan fingerprint density at radius 2 is 2.00 bits per heavy atom. The van der Waals surface area contributed by atoms with E-state index in [0.717, 1.165) is 37.3 Å². The lowest BCUT2D eigenvalue weighted by Crippen LogP contribution is -2.52. The maximum Gasteiger partial charge on any atom is 0.321 e. The average Bonchev–Trinajstić information content (AvgIpc) is 2.39. The number of benzene rings is 1. The second kappa shape index (κ2) is 6.57. The van der Waals surface area contributed by atoms with Gasteiger partial charge in [0.2, 0.25) is 0 Å². The standard InChI is InChI=1S/C15H21ClN2O2/c1-11-9-13(16)4-3-12(11)10-14(15(19)20)18-7-5-17(2)6-8-18/h3-4,9,14H,5-8,10H2,1-2H3,(H,19,20). The number of piperazine rings is 1. The maximum atomic E-state index is 11.6. The number of hydrogen-bond acceptors (Lipinski definition) is 3. The van der Waals surface area contributed by atoms with E-state index in [1.54, 1.807) is 0 Å². The minimum absolute atomic E-state index is 0.455. The van der Waals surface area contributed by atoms with E-state index in [1.165, 1.54) is 0 Å². The molecule has 1 saturated heterocycles. The normalized spacial score (nSPS) is 18.9. The first-order valence-electron chi connectivity index (χ1n) is 6.88. The molecule has 1 aliphatic rings. The molecule has 0 aromatic heterocycles. The Kier molecular flexibility index (Phi) is 5.02. The predicted molar refractivity (Wildman–Crippen MR) is 80.4 cm³/mol. The van der Waals surface area contributed by atoms with Crippen LogP contribution in [0.3, 0.4) is 0 Å². The lowest BCUT2D eigenvalue weighted by atomic mass is 9.99. The number of aryl methyl sites for hydroxylation is 1. The van der Waals surface area contributed by atoms with Gasteiger partial charge in [-0.15, -0.1) is 0 Å². The number of rotatable bonds is 4. The zero-order valence-corrected chi connectivity index (χ0v) is 12.7. The number of halogens is 1. The summed E-state index contributed by atoms with van der Waals surface area (Å²) in [5.74, 6) is -0.746. The molecule has 5 heteroatoms. The Hall–Kier alpha value is -1.10. The number of likely N-dealkylation sites (N-methyl/N-ethyl adjacent to an activating group) is 1. The molecule has 1 N–H and O–H groups in total. The quantitative estimate of drug-likeness (QED) is 0.921. The minimum Gasteiger partial charge on any atom is -0.480 e. The molecule has 4 nitrogen and oxygen atoms in total. The summed E-state index contributed by atoms with van der Waals surface area (Å²) in [7, 11) is 2.07. The minimum atomic E-state index is -0.746. The molecule has 0 radical (unpaired) electrons. The molecular formula is C15H21ClN2O2. The van der Waals surface area contributed by atoms with Gasteiger partial charge in [-0.3, -0.25) is 9.69 Å². The molecule has 1 atom stereocenters. The lowest BCUT2D eigenvalue weighted by molar-refractivity contribution is -0.144. The first-order valence-corrected chi connectivity index (χ1v) is 7.25. The molecule has 0 spiro atoms. The fourth-order valence-electron chi connectivity index (χ4n) is 2.60. The summed E-state index contributed by atoms with van der Waals surface area (Å²) in [4.78, 5) is 15.9. The van der Waals surface area contributed by atoms with Crippen LogP contribution < -0.4 is 0 Å². The molecule has 0 amide bonds. The monoisotopic (exact) mass is 296 g/mol. The van der Waals surface area contributed by atoms with Crippen molar-refractivity contribution in [3.63, 3.8) is 0 Å². The Balaban J connectivity index is 2.11. The van der Waals surface area contributed by atoms with Crippen molar-refractivity contribution in [1.82, 2.24) is 9.80 Å². The topological polar surface area (TPSA) is 43.8 Å². The molecule has 1 aromatic rings. The van der Waals surface area contributed by atoms with Gasteiger partial charge >= 0.3 is 5.97 Å². The van der Waals surface area contributed by atoms with Gasteiger partial charge in [0.05, 0.1) is 0 Å². The van der Waals surface area contributed by atoms with Crippen molar-refractivity contribution < 1.29 is 9.90 Å². The molecular weight excluding hydrogens is 276 g/mol. The van der Waals surface area contributed by atoms with Gasteiger partial charge < -0.3 is 10.0 Å². The van der Waals surface area contributed by atoms with Crippen LogP contribution in [0.25, 0.3) is 0 Å². The van der Waals surface area contributed by atoms with Crippen LogP contribution in [0.15, 0.2) is 18.2 Å². The van der Waals surface area contributed by atoms with E-state index < -0.39 is 12.0 Å². The zero-order valence-electron chi connectivity index (χ0n) is 12.0. The van der Waals surface area contributed by atoms with E-state index in [0.29, 0.717) is 11.4 Å². The van der Waals surface area contributed by atoms with Crippen molar-refractivity contribution in [3.8, 4) is 0 Å². The van der Waals surface area contributed by atoms with Crippen LogP contribution in [0.5, 0.6) is 0 Å². The van der Waals surface area contributed by atoms with Crippen molar-refractivity contribution >= 4 is 17.6 Å². The van der Waals surface area contributed by atoms with E-state index in [1.807, 2.05) is 25.1 Å². The van der Waals surface area contributed by atoms with Gasteiger partial charge in [0.25, 0.3) is 0 Å². The fraction of sp³-hybridized carbons (Fsp3) is 0.533. The van der Waals surface area contributed by atoms with Crippen LogP contribution in [0.4, 0.5) is 0 Å². The molecule has 110 valence electrons. The van der Waals surface area contributed by atoms with Crippen molar-refractivity contribution in [3.05, 3.63) is 34.3 Å². The molecule has 2 rings (SSSR count). The SMILES string of the molecule is Cc1cc(Cl)ccc1CC(C(=O)O)N1CCN(C)CC1. The third-order valence-corrected chi connectivity index (χ3v) is 4.22. The number of aliphatic carboxylic acids is 1. The van der Waals surface area contributed by atoms with Gasteiger partial charge in [0.1, 0.15) is 6.04 Å². The number of carbonyl (C=O) groups is 1. The number of nitrogens with zero attached hydrogens (tertiary/aromatic N) is 2. The molecule has 1 aromatic carbocycles. The highest BCUT2D eigenvalue weighted by Gasteiger charge is 2.28. The van der Waals surface area contributed by atoms with Crippen molar-refractivity contribution in [2.45, 2.75) is 19.4 Å². The number of hydrogen-bond donors (Lipinski definition) is 1. The summed E-state index contributed by atoms with van der Waals surface area (Å²) in [6.07, 6.45) is 0.530. The molecule has 1 unspecified atom stereocenters. The van der Waals surface area contributed by atoms with Gasteiger partial charge in [-0.1, -0.05) is 17.7 Å². The highest BCUT2D eigenvalue weighted by atomic mass is 35.5. The second-order valence-corrected chi connectivity index (χ2v) is 5.90. The van der Waals surface area contributed by atoms with Gasteiger partial charge in [0.15, 0.2) is 0 Å². The van der Waals surface area contributed by atoms with Crippen molar-refractivity contribution in [1.29, 1.82) is 0 Å². The number of carboxylic acids is 1. The molecule has 1 heterocycles. The first-order chi connectivity index (χ1) is 9.47. The Bertz CT molecular complexity index is 485. The largest absolute Gasteiger partial charge is 0.480 e. The van der Waals surface area contributed by atoms with Crippen LogP contribution in [0.2, 0.25) is 5.02 Å². The summed E-state index contributed by atoms with van der Waals surface area (Å²) in [6.45, 7) is 5.43. The van der Waals surface area contributed by atoms with Crippen LogP contribution in [0.1, 0.15) is 11.1 Å². The summed E-state index contributed by atoms with van der Waals surface area (Å²) in [6, 6.07) is 5.19. The highest BCUT2D eigenvalue weighted by molar-refractivity contribution is 6.30. The molecule has 0 bridgehead atoms. The molecule has 20 heavy (non-hydrogen) atoms. The third-order valence-electron chi connectivity index (χ3n) is 3.98. The Labute approximate surface area is 124 Å². The summed E-state index contributed by atoms with van der Waals surface area (Å²) < 4.78 is 0. The Morgan fingerprint density at radius 3 is 2.55 bits per heavy atom. The predicted octanol–water partition coefficient (Wildman–Crippen LogP) is 1.89. The van der Waals surface area contributed by atoms with Gasteiger partial charge in [-0.25, -0.2) is 0 Å². The Morgan fingerprint density at radius 1 is 1.35 bits per heavy atom. The van der Waals surface area contributed by atoms with Crippen LogP contribution >= 0.6 is 11.6 Å². The maximum absolute atomic E-state index is 11.6. The van der Waals surface area contributed by atoms with Crippen LogP contribution in [0, 0.1) is 6.92 Å². The van der Waals surface area contributed by atoms with E-state index >= 15 is 0 Å². The fourth-order valence-corrected chi connectivity index (χ4v) is 2.83. The average molecular weight is 297 g/mol. The molecule has 1 fully saturated rings. The van der Waals surface area contributed by atoms with Gasteiger partial charge in [0, 0.05) is 31.2 Å². The summed E-state index contributed by atoms with van der Waals surface area (Å²) >= 11 is 5.95. The van der Waals surface area contributed by atoms with E-state index in [9.17, 15) is 9.90 Å². The van der Waals surface area contributed by atoms with E-state index in [-0.39, 0.29) is 0 Å². The lowest BCUT2D eigenvalue weighted by Gasteiger charge is -2.36. The van der Waals surface area contributed by atoms with E-state index in [4.69, 9.17) is 11.6 Å². The first kappa shape index (κ1) is 15.3. The van der Waals surface area contributed by atoms with Crippen molar-refractivity contribution in [2.75, 3.05) is 33.2 Å². The summed E-state index contributed by atoms with van der Waals surface area (Å²) in [5.41, 5.74) is 2.11. The summed E-state index contributed by atoms with van der Waals surface area (Å²) in [5, 5.41) is 10.2. The second-order valence-electron chi connectivity index (χ2n) is 5.47. The third kappa shape index (κ3) is 3.72. The van der Waals surface area contributed by atoms with E-state index in [2.05, 4.69) is 16.8 Å². The molecule has 0 aliphatic carbocycles. The molecule has 1 aliphatic heterocycles. The van der Waals surface area contributed by atoms with Crippen LogP contribution in [-0.4, -0.2) is 60.1 Å². The zero-order chi connectivity index (χ0) is 14.7. The molecule has 0 saturated carbocycles. The van der Waals surface area contributed by atoms with Gasteiger partial charge in [-0.2, -0.15) is 0 Å². The smallest absolute Gasteiger partial charge is 0.321 e. The van der Waals surface area contributed by atoms with Crippen LogP contribution in [-0.2, 0) is 11.2 Å². The highest BCUT2D eigenvalue weighted by Crippen LogP contribution is 2.19. The van der Waals surface area contributed by atoms with Crippen molar-refractivity contribution in [2.24, 2.45) is 0 Å².